The highest BCUT2D eigenvalue weighted by molar-refractivity contribution is 7.81. The number of nitrogens with zero attached hydrogens (tertiary/aromatic N) is 1. The van der Waals surface area contributed by atoms with E-state index < -0.39 is 28.0 Å². The number of anilines is 1. The monoisotopic (exact) mass is 491 g/mol. The number of nitro groups is 1. The number of nitrogens with one attached hydrogen (secondary N) is 4. The third-order valence-electron chi connectivity index (χ3n) is 4.30. The maximum Gasteiger partial charge on any atom is 0.292 e. The molecule has 0 aliphatic rings. The first kappa shape index (κ1) is 25.5. The van der Waals surface area contributed by atoms with E-state index in [1.807, 2.05) is 0 Å². The van der Waals surface area contributed by atoms with Crippen molar-refractivity contribution in [1.29, 1.82) is 0 Å². The van der Waals surface area contributed by atoms with Gasteiger partial charge in [0.1, 0.15) is 17.7 Å². The molecule has 2 rings (SSSR count). The number of benzene rings is 2. The highest BCUT2D eigenvalue weighted by atomic mass is 32.1. The largest absolute Gasteiger partial charge is 0.497 e. The van der Waals surface area contributed by atoms with Gasteiger partial charge in [0.15, 0.2) is 5.11 Å². The van der Waals surface area contributed by atoms with Crippen molar-refractivity contribution in [2.45, 2.75) is 11.8 Å². The molecule has 2 amide bonds. The second-order valence-electron chi connectivity index (χ2n) is 6.55. The average molecular weight is 492 g/mol. The minimum atomic E-state index is -0.936. The molecular weight excluding hydrogens is 470 g/mol. The Balaban J connectivity index is 1.85. The van der Waals surface area contributed by atoms with E-state index in [2.05, 4.69) is 34.1 Å². The van der Waals surface area contributed by atoms with Crippen LogP contribution in [0.1, 0.15) is 16.8 Å². The van der Waals surface area contributed by atoms with Crippen molar-refractivity contribution in [2.24, 2.45) is 5.92 Å². The predicted molar refractivity (Wildman–Crippen MR) is 128 cm³/mol. The molecule has 2 atom stereocenters. The van der Waals surface area contributed by atoms with Crippen molar-refractivity contribution < 1.29 is 24.0 Å². The summed E-state index contributed by atoms with van der Waals surface area (Å²) in [4.78, 5) is 46.4. The number of para-hydroxylation sites is 2. The molecule has 0 heterocycles. The third-order valence-corrected chi connectivity index (χ3v) is 5.01. The fraction of sp³-hybridized carbons (Fsp3) is 0.200. The first-order chi connectivity index (χ1) is 15.7. The zero-order valence-electron chi connectivity index (χ0n) is 17.3. The highest BCUT2D eigenvalue weighted by Gasteiger charge is 2.23. The number of thiol groups is 1. The zero-order chi connectivity index (χ0) is 24.4. The van der Waals surface area contributed by atoms with Crippen LogP contribution in [0.15, 0.2) is 48.5 Å². The first-order valence-electron chi connectivity index (χ1n) is 9.42. The van der Waals surface area contributed by atoms with E-state index in [4.69, 9.17) is 17.0 Å². The van der Waals surface area contributed by atoms with Crippen LogP contribution in [0.3, 0.4) is 0 Å². The third kappa shape index (κ3) is 7.73. The summed E-state index contributed by atoms with van der Waals surface area (Å²) in [5.41, 5.74) is 4.96. The van der Waals surface area contributed by atoms with Gasteiger partial charge < -0.3 is 20.2 Å². The number of rotatable bonds is 9. The topological polar surface area (TPSA) is 152 Å². The zero-order valence-corrected chi connectivity index (χ0v) is 19.0. The number of aldehydes is 1. The molecule has 33 heavy (non-hydrogen) atoms. The standard InChI is InChI=1S/C20H21N5O6S2/c1-31-14-8-6-12(7-9-14)18(28)22-19(32)13(11-26)10-17(27)23-24-20(33)21-15-4-2-3-5-16(15)25(29)30/h2-9,11,13,19,32H,10H2,1H3,(H,22,28)(H,23,27)(H2,21,24,33). The molecule has 4 N–H and O–H groups in total. The predicted octanol–water partition coefficient (Wildman–Crippen LogP) is 1.81. The number of methoxy groups -OCH3 is 1. The molecule has 2 aromatic rings. The van der Waals surface area contributed by atoms with Crippen molar-refractivity contribution in [1.82, 2.24) is 16.2 Å². The van der Waals surface area contributed by atoms with E-state index in [0.717, 1.165) is 0 Å². The molecule has 2 unspecified atom stereocenters. The SMILES string of the molecule is COc1ccc(C(=O)NC(S)C(C=O)CC(=O)NNC(=S)Nc2ccccc2[N+](=O)[O-])cc1. The summed E-state index contributed by atoms with van der Waals surface area (Å²) < 4.78 is 5.03. The smallest absolute Gasteiger partial charge is 0.292 e. The van der Waals surface area contributed by atoms with Gasteiger partial charge in [0.05, 0.1) is 23.3 Å². The fourth-order valence-electron chi connectivity index (χ4n) is 2.58. The number of hydrazine groups is 1. The summed E-state index contributed by atoms with van der Waals surface area (Å²) >= 11 is 9.24. The Bertz CT molecular complexity index is 1030. The van der Waals surface area contributed by atoms with Gasteiger partial charge >= 0.3 is 0 Å². The Morgan fingerprint density at radius 1 is 1.18 bits per heavy atom. The van der Waals surface area contributed by atoms with Gasteiger partial charge in [-0.2, -0.15) is 12.6 Å². The average Bonchev–Trinajstić information content (AvgIpc) is 2.81. The van der Waals surface area contributed by atoms with Crippen molar-refractivity contribution in [3.05, 3.63) is 64.2 Å². The minimum Gasteiger partial charge on any atom is -0.497 e. The number of carbonyl (C=O) groups excluding carboxylic acids is 3. The Hall–Kier alpha value is -3.71. The molecule has 0 radical (unpaired) electrons. The van der Waals surface area contributed by atoms with E-state index in [1.54, 1.807) is 30.3 Å². The van der Waals surface area contributed by atoms with Gasteiger partial charge in [-0.05, 0) is 42.5 Å². The summed E-state index contributed by atoms with van der Waals surface area (Å²) in [5, 5.41) is 15.2. The van der Waals surface area contributed by atoms with Crippen LogP contribution >= 0.6 is 24.8 Å². The Kier molecular flexibility index (Phi) is 9.57. The van der Waals surface area contributed by atoms with Crippen LogP contribution in [-0.2, 0) is 9.59 Å². The summed E-state index contributed by atoms with van der Waals surface area (Å²) in [6.45, 7) is 0. The Labute approximate surface area is 199 Å². The van der Waals surface area contributed by atoms with Gasteiger partial charge in [0, 0.05) is 18.1 Å². The minimum absolute atomic E-state index is 0.101. The second-order valence-corrected chi connectivity index (χ2v) is 7.52. The molecule has 11 nitrogen and oxygen atoms in total. The Morgan fingerprint density at radius 2 is 1.85 bits per heavy atom. The summed E-state index contributed by atoms with van der Waals surface area (Å²) in [6, 6.07) is 12.2. The van der Waals surface area contributed by atoms with Gasteiger partial charge in [-0.15, -0.1) is 0 Å². The molecular formula is C20H21N5O6S2. The number of hydrogen-bond donors (Lipinski definition) is 5. The van der Waals surface area contributed by atoms with E-state index >= 15 is 0 Å². The normalized spacial score (nSPS) is 11.9. The molecule has 0 saturated carbocycles. The van der Waals surface area contributed by atoms with Gasteiger partial charge in [-0.3, -0.25) is 30.6 Å². The van der Waals surface area contributed by atoms with E-state index in [1.165, 1.54) is 25.3 Å². The molecule has 0 fully saturated rings. The number of nitro benzene ring substituents is 1. The van der Waals surface area contributed by atoms with Crippen LogP contribution in [0, 0.1) is 16.0 Å². The molecule has 0 aliphatic carbocycles. The number of amides is 2. The first-order valence-corrected chi connectivity index (χ1v) is 10.3. The van der Waals surface area contributed by atoms with E-state index in [0.29, 0.717) is 17.6 Å². The number of thiocarbonyl (C=S) groups is 1. The van der Waals surface area contributed by atoms with Crippen molar-refractivity contribution in [3.63, 3.8) is 0 Å². The van der Waals surface area contributed by atoms with Crippen LogP contribution in [0.4, 0.5) is 11.4 Å². The van der Waals surface area contributed by atoms with Gasteiger partial charge in [-0.25, -0.2) is 0 Å². The lowest BCUT2D eigenvalue weighted by atomic mass is 10.1. The van der Waals surface area contributed by atoms with Crippen LogP contribution in [0.2, 0.25) is 0 Å². The van der Waals surface area contributed by atoms with Crippen LogP contribution < -0.4 is 26.2 Å². The number of carbonyl (C=O) groups is 3. The summed E-state index contributed by atoms with van der Waals surface area (Å²) in [7, 11) is 1.50. The fourth-order valence-corrected chi connectivity index (χ4v) is 3.04. The lowest BCUT2D eigenvalue weighted by molar-refractivity contribution is -0.383. The van der Waals surface area contributed by atoms with Gasteiger partial charge in [0.25, 0.3) is 11.6 Å². The van der Waals surface area contributed by atoms with Gasteiger partial charge in [0.2, 0.25) is 5.91 Å². The Morgan fingerprint density at radius 3 is 2.45 bits per heavy atom. The summed E-state index contributed by atoms with van der Waals surface area (Å²) in [6.07, 6.45) is 0.205. The van der Waals surface area contributed by atoms with E-state index in [9.17, 15) is 24.5 Å². The van der Waals surface area contributed by atoms with Gasteiger partial charge in [-0.1, -0.05) is 12.1 Å². The molecule has 0 saturated heterocycles. The van der Waals surface area contributed by atoms with Crippen LogP contribution in [0.5, 0.6) is 5.75 Å². The second kappa shape index (κ2) is 12.4. The molecule has 0 aliphatic heterocycles. The van der Waals surface area contributed by atoms with Crippen LogP contribution in [0.25, 0.3) is 0 Å². The van der Waals surface area contributed by atoms with Crippen molar-refractivity contribution in [3.8, 4) is 5.75 Å². The quantitative estimate of drug-likeness (QED) is 0.0883. The number of hydrogen-bond acceptors (Lipinski definition) is 8. The molecule has 0 aromatic heterocycles. The number of ether oxygens (including phenoxy) is 1. The molecule has 174 valence electrons. The molecule has 13 heteroatoms. The van der Waals surface area contributed by atoms with E-state index in [-0.39, 0.29) is 22.9 Å². The lowest BCUT2D eigenvalue weighted by Gasteiger charge is -2.19. The maximum atomic E-state index is 12.3. The summed E-state index contributed by atoms with van der Waals surface area (Å²) in [5.74, 6) is -1.44. The van der Waals surface area contributed by atoms with Crippen molar-refractivity contribution >= 4 is 59.4 Å². The molecule has 0 bridgehead atoms. The molecule has 0 spiro atoms. The lowest BCUT2D eigenvalue weighted by Crippen LogP contribution is -2.46. The maximum absolute atomic E-state index is 12.3. The van der Waals surface area contributed by atoms with Crippen molar-refractivity contribution in [2.75, 3.05) is 12.4 Å². The molecule has 2 aromatic carbocycles. The van der Waals surface area contributed by atoms with Crippen LogP contribution in [-0.4, -0.2) is 40.6 Å². The highest BCUT2D eigenvalue weighted by Crippen LogP contribution is 2.22.